The Labute approximate surface area is 187 Å². The van der Waals surface area contributed by atoms with E-state index in [1.54, 1.807) is 6.08 Å². The van der Waals surface area contributed by atoms with Gasteiger partial charge >= 0.3 is 11.9 Å². The summed E-state index contributed by atoms with van der Waals surface area (Å²) in [6, 6.07) is 19.1. The summed E-state index contributed by atoms with van der Waals surface area (Å²) >= 11 is 0. The van der Waals surface area contributed by atoms with E-state index in [1.807, 2.05) is 60.7 Å². The number of benzene rings is 2. The van der Waals surface area contributed by atoms with Gasteiger partial charge in [0.1, 0.15) is 11.7 Å². The van der Waals surface area contributed by atoms with Crippen LogP contribution in [0.5, 0.6) is 0 Å². The second-order valence-electron chi connectivity index (χ2n) is 7.71. The van der Waals surface area contributed by atoms with E-state index in [-0.39, 0.29) is 19.6 Å². The third kappa shape index (κ3) is 6.03. The van der Waals surface area contributed by atoms with Gasteiger partial charge in [-0.05, 0) is 11.1 Å². The average molecular weight is 440 g/mol. The lowest BCUT2D eigenvalue weighted by Gasteiger charge is -2.32. The average Bonchev–Trinajstić information content (AvgIpc) is 3.05. The maximum absolute atomic E-state index is 11.7. The molecule has 0 aliphatic carbocycles. The van der Waals surface area contributed by atoms with Crippen LogP contribution in [0.15, 0.2) is 73.3 Å². The molecule has 0 spiro atoms. The Kier molecular flexibility index (Phi) is 8.16. The molecule has 7 nitrogen and oxygen atoms in total. The Bertz CT molecular complexity index is 899. The van der Waals surface area contributed by atoms with Gasteiger partial charge in [-0.3, -0.25) is 9.59 Å². The molecule has 1 heterocycles. The van der Waals surface area contributed by atoms with Crippen LogP contribution >= 0.6 is 0 Å². The van der Waals surface area contributed by atoms with Gasteiger partial charge in [0, 0.05) is 6.92 Å². The number of hydrogen-bond acceptors (Lipinski definition) is 6. The number of aliphatic carboxylic acids is 1. The maximum Gasteiger partial charge on any atom is 0.304 e. The van der Waals surface area contributed by atoms with E-state index in [0.717, 1.165) is 11.1 Å². The lowest BCUT2D eigenvalue weighted by atomic mass is 9.88. The lowest BCUT2D eigenvalue weighted by molar-refractivity contribution is -0.195. The topological polar surface area (TPSA) is 91.3 Å². The first-order valence-corrected chi connectivity index (χ1v) is 10.4. The quantitative estimate of drug-likeness (QED) is 0.421. The highest BCUT2D eigenvalue weighted by molar-refractivity contribution is 5.68. The maximum atomic E-state index is 11.7. The smallest absolute Gasteiger partial charge is 0.304 e. The number of carboxylic acids is 1. The number of carbonyl (C=O) groups excluding carboxylic acids is 1. The minimum absolute atomic E-state index is 0.0543. The van der Waals surface area contributed by atoms with Crippen molar-refractivity contribution in [1.29, 1.82) is 0 Å². The molecule has 3 unspecified atom stereocenters. The normalized spacial score (nSPS) is 24.7. The highest BCUT2D eigenvalue weighted by atomic mass is 16.7. The SMILES string of the molecule is C=C[C@]1(COCc2ccccc2)OC(OC(C)=O)C(CC(=O)O)C1OCc1ccccc1. The summed E-state index contributed by atoms with van der Waals surface area (Å²) in [6.45, 7) is 5.76. The first kappa shape index (κ1) is 23.7. The molecular weight excluding hydrogens is 412 g/mol. The molecule has 0 radical (unpaired) electrons. The van der Waals surface area contributed by atoms with Crippen molar-refractivity contribution >= 4 is 11.9 Å². The molecule has 0 amide bonds. The predicted molar refractivity (Wildman–Crippen MR) is 116 cm³/mol. The van der Waals surface area contributed by atoms with Gasteiger partial charge in [-0.25, -0.2) is 0 Å². The first-order chi connectivity index (χ1) is 15.4. The van der Waals surface area contributed by atoms with Gasteiger partial charge in [0.15, 0.2) is 0 Å². The molecule has 4 atom stereocenters. The molecule has 1 fully saturated rings. The largest absolute Gasteiger partial charge is 0.481 e. The fourth-order valence-electron chi connectivity index (χ4n) is 3.82. The Morgan fingerprint density at radius 1 is 1.06 bits per heavy atom. The van der Waals surface area contributed by atoms with Crippen molar-refractivity contribution in [2.75, 3.05) is 6.61 Å². The van der Waals surface area contributed by atoms with E-state index < -0.39 is 35.9 Å². The minimum Gasteiger partial charge on any atom is -0.481 e. The molecule has 7 heteroatoms. The van der Waals surface area contributed by atoms with Crippen LogP contribution in [-0.2, 0) is 41.8 Å². The van der Waals surface area contributed by atoms with Crippen molar-refractivity contribution in [3.05, 3.63) is 84.4 Å². The van der Waals surface area contributed by atoms with E-state index in [0.29, 0.717) is 6.61 Å². The molecule has 3 rings (SSSR count). The summed E-state index contributed by atoms with van der Waals surface area (Å²) < 4.78 is 23.5. The van der Waals surface area contributed by atoms with Crippen molar-refractivity contribution in [3.63, 3.8) is 0 Å². The van der Waals surface area contributed by atoms with E-state index in [2.05, 4.69) is 6.58 Å². The number of ether oxygens (including phenoxy) is 4. The third-order valence-corrected chi connectivity index (χ3v) is 5.31. The number of esters is 1. The van der Waals surface area contributed by atoms with E-state index >= 15 is 0 Å². The summed E-state index contributed by atoms with van der Waals surface area (Å²) in [5, 5.41) is 9.49. The fraction of sp³-hybridized carbons (Fsp3) is 0.360. The zero-order valence-electron chi connectivity index (χ0n) is 18.0. The molecule has 0 saturated carbocycles. The highest BCUT2D eigenvalue weighted by Gasteiger charge is 2.56. The second-order valence-corrected chi connectivity index (χ2v) is 7.71. The van der Waals surface area contributed by atoms with Gasteiger partial charge in [-0.1, -0.05) is 66.7 Å². The Balaban J connectivity index is 1.83. The van der Waals surface area contributed by atoms with Crippen molar-refractivity contribution in [1.82, 2.24) is 0 Å². The van der Waals surface area contributed by atoms with Crippen molar-refractivity contribution < 1.29 is 33.6 Å². The number of hydrogen-bond donors (Lipinski definition) is 1. The molecule has 1 saturated heterocycles. The summed E-state index contributed by atoms with van der Waals surface area (Å²) in [5.41, 5.74) is 0.704. The summed E-state index contributed by atoms with van der Waals surface area (Å²) in [5.74, 6) is -2.36. The monoisotopic (exact) mass is 440 g/mol. The molecule has 0 aromatic heterocycles. The Morgan fingerprint density at radius 2 is 1.66 bits per heavy atom. The molecule has 0 bridgehead atoms. The molecule has 1 aliphatic heterocycles. The van der Waals surface area contributed by atoms with Crippen LogP contribution < -0.4 is 0 Å². The van der Waals surface area contributed by atoms with Crippen molar-refractivity contribution in [2.24, 2.45) is 5.92 Å². The molecular formula is C25H28O7. The van der Waals surface area contributed by atoms with Gasteiger partial charge in [0.25, 0.3) is 0 Å². The first-order valence-electron chi connectivity index (χ1n) is 10.4. The van der Waals surface area contributed by atoms with Crippen LogP contribution in [0.1, 0.15) is 24.5 Å². The molecule has 2 aromatic rings. The Morgan fingerprint density at radius 3 is 2.19 bits per heavy atom. The van der Waals surface area contributed by atoms with Crippen LogP contribution in [0.2, 0.25) is 0 Å². The highest BCUT2D eigenvalue weighted by Crippen LogP contribution is 2.42. The zero-order valence-corrected chi connectivity index (χ0v) is 18.0. The zero-order chi connectivity index (χ0) is 23.0. The van der Waals surface area contributed by atoms with Crippen LogP contribution in [0, 0.1) is 5.92 Å². The number of carboxylic acid groups (broad SMARTS) is 1. The summed E-state index contributed by atoms with van der Waals surface area (Å²) in [6.07, 6.45) is -0.600. The van der Waals surface area contributed by atoms with E-state index in [1.165, 1.54) is 6.92 Å². The predicted octanol–water partition coefficient (Wildman–Crippen LogP) is 3.72. The van der Waals surface area contributed by atoms with E-state index in [9.17, 15) is 14.7 Å². The van der Waals surface area contributed by atoms with Crippen molar-refractivity contribution in [2.45, 2.75) is 44.6 Å². The van der Waals surface area contributed by atoms with E-state index in [4.69, 9.17) is 18.9 Å². The molecule has 32 heavy (non-hydrogen) atoms. The van der Waals surface area contributed by atoms with Gasteiger partial charge < -0.3 is 24.1 Å². The Hall–Kier alpha value is -3.00. The van der Waals surface area contributed by atoms with Gasteiger partial charge in [0.05, 0.1) is 32.2 Å². The van der Waals surface area contributed by atoms with Crippen LogP contribution in [-0.4, -0.2) is 41.6 Å². The standard InChI is InChI=1S/C25H28O7/c1-3-25(17-29-15-19-10-6-4-7-11-19)23(30-16-20-12-8-5-9-13-20)21(14-22(27)28)24(32-25)31-18(2)26/h3-13,21,23-24H,1,14-17H2,2H3,(H,27,28)/t21?,23?,24?,25-/m1/s1. The van der Waals surface area contributed by atoms with Gasteiger partial charge in [-0.2, -0.15) is 0 Å². The molecule has 1 aliphatic rings. The lowest BCUT2D eigenvalue weighted by Crippen LogP contribution is -2.45. The second kappa shape index (κ2) is 11.0. The van der Waals surface area contributed by atoms with Crippen LogP contribution in [0.4, 0.5) is 0 Å². The van der Waals surface area contributed by atoms with Crippen LogP contribution in [0.3, 0.4) is 0 Å². The van der Waals surface area contributed by atoms with Gasteiger partial charge in [-0.15, -0.1) is 6.58 Å². The minimum atomic E-state index is -1.19. The summed E-state index contributed by atoms with van der Waals surface area (Å²) in [4.78, 5) is 23.3. The van der Waals surface area contributed by atoms with Crippen molar-refractivity contribution in [3.8, 4) is 0 Å². The number of rotatable bonds is 11. The van der Waals surface area contributed by atoms with Gasteiger partial charge in [0.2, 0.25) is 6.29 Å². The molecule has 1 N–H and O–H groups in total. The number of carbonyl (C=O) groups is 2. The molecule has 2 aromatic carbocycles. The summed E-state index contributed by atoms with van der Waals surface area (Å²) in [7, 11) is 0. The molecule has 170 valence electrons. The third-order valence-electron chi connectivity index (χ3n) is 5.31. The van der Waals surface area contributed by atoms with Crippen LogP contribution in [0.25, 0.3) is 0 Å². The fourth-order valence-corrected chi connectivity index (χ4v) is 3.82.